The molecule has 2 aromatic heterocycles. The van der Waals surface area contributed by atoms with Gasteiger partial charge in [0, 0.05) is 23.4 Å². The highest BCUT2D eigenvalue weighted by Crippen LogP contribution is 2.42. The molecule has 0 aliphatic carbocycles. The predicted octanol–water partition coefficient (Wildman–Crippen LogP) is 4.15. The first kappa shape index (κ1) is 20.0. The van der Waals surface area contributed by atoms with Gasteiger partial charge in [0.25, 0.3) is 0 Å². The summed E-state index contributed by atoms with van der Waals surface area (Å²) in [4.78, 5) is 8.48. The molecule has 0 radical (unpaired) electrons. The number of aromatic nitrogens is 3. The highest BCUT2D eigenvalue weighted by Gasteiger charge is 2.18. The number of methoxy groups -OCH3 is 3. The number of nitrogens with one attached hydrogen (secondary N) is 1. The van der Waals surface area contributed by atoms with Crippen molar-refractivity contribution in [3.63, 3.8) is 0 Å². The zero-order valence-corrected chi connectivity index (χ0v) is 17.2. The second-order valence-corrected chi connectivity index (χ2v) is 6.47. The lowest BCUT2D eigenvalue weighted by atomic mass is 10.1. The van der Waals surface area contributed by atoms with Crippen LogP contribution in [-0.4, -0.2) is 36.5 Å². The number of hydrogen-bond acceptors (Lipinski definition) is 9. The molecule has 0 bridgehead atoms. The number of nitrogens with zero attached hydrogens (tertiary/aromatic N) is 3. The van der Waals surface area contributed by atoms with Crippen LogP contribution >= 0.6 is 0 Å². The van der Waals surface area contributed by atoms with Crippen molar-refractivity contribution in [2.45, 2.75) is 0 Å². The monoisotopic (exact) mass is 419 g/mol. The molecule has 0 saturated carbocycles. The van der Waals surface area contributed by atoms with Crippen molar-refractivity contribution in [1.29, 1.82) is 0 Å². The number of hydrogen-bond donors (Lipinski definition) is 2. The van der Waals surface area contributed by atoms with E-state index < -0.39 is 0 Å². The van der Waals surface area contributed by atoms with Gasteiger partial charge in [0.1, 0.15) is 5.82 Å². The Labute approximate surface area is 178 Å². The Morgan fingerprint density at radius 1 is 0.903 bits per heavy atom. The molecule has 4 aromatic rings. The summed E-state index contributed by atoms with van der Waals surface area (Å²) in [6, 6.07) is 15.1. The summed E-state index contributed by atoms with van der Waals surface area (Å²) in [7, 11) is 4.66. The van der Waals surface area contributed by atoms with E-state index in [1.54, 1.807) is 45.7 Å². The van der Waals surface area contributed by atoms with Crippen LogP contribution in [0.4, 0.5) is 17.6 Å². The van der Waals surface area contributed by atoms with Gasteiger partial charge >= 0.3 is 0 Å². The molecule has 0 atom stereocenters. The van der Waals surface area contributed by atoms with Crippen molar-refractivity contribution >= 4 is 17.6 Å². The van der Waals surface area contributed by atoms with Crippen LogP contribution in [0.1, 0.15) is 0 Å². The third-order valence-corrected chi connectivity index (χ3v) is 4.60. The van der Waals surface area contributed by atoms with Gasteiger partial charge in [-0.05, 0) is 17.7 Å². The van der Waals surface area contributed by atoms with Crippen molar-refractivity contribution in [3.05, 3.63) is 54.7 Å². The van der Waals surface area contributed by atoms with Crippen molar-refractivity contribution in [2.75, 3.05) is 32.4 Å². The first-order valence-corrected chi connectivity index (χ1v) is 9.35. The van der Waals surface area contributed by atoms with E-state index in [2.05, 4.69) is 20.4 Å². The number of rotatable bonds is 7. The number of ether oxygens (including phenoxy) is 3. The van der Waals surface area contributed by atoms with E-state index in [0.29, 0.717) is 40.2 Å². The van der Waals surface area contributed by atoms with Gasteiger partial charge in [-0.15, -0.1) is 0 Å². The highest BCUT2D eigenvalue weighted by molar-refractivity contribution is 5.81. The van der Waals surface area contributed by atoms with Gasteiger partial charge in [-0.3, -0.25) is 0 Å². The summed E-state index contributed by atoms with van der Waals surface area (Å²) in [5.41, 5.74) is 8.15. The molecule has 2 heterocycles. The average Bonchev–Trinajstić information content (AvgIpc) is 3.27. The third-order valence-electron chi connectivity index (χ3n) is 4.60. The third kappa shape index (κ3) is 4.06. The fourth-order valence-corrected chi connectivity index (χ4v) is 3.13. The molecule has 0 spiro atoms. The number of nitrogens with two attached hydrogens (primary N) is 1. The second-order valence-electron chi connectivity index (χ2n) is 6.47. The zero-order valence-electron chi connectivity index (χ0n) is 17.2. The normalized spacial score (nSPS) is 10.5. The van der Waals surface area contributed by atoms with Crippen LogP contribution in [0.25, 0.3) is 22.5 Å². The standard InChI is InChI=1S/C22H21N5O4/c1-28-17-9-14(10-18(29-2)20(17)30-3)15-12-24-22(23)26-21(15)25-19-11-16(31-27-19)13-7-5-4-6-8-13/h4-12H,1-3H3,(H3,23,24,25,26,27). The molecule has 0 aliphatic heterocycles. The van der Waals surface area contributed by atoms with Gasteiger partial charge in [0.05, 0.1) is 21.3 Å². The number of nitrogen functional groups attached to an aromatic ring is 1. The minimum Gasteiger partial charge on any atom is -0.493 e. The Bertz CT molecular complexity index is 1170. The minimum absolute atomic E-state index is 0.116. The van der Waals surface area contributed by atoms with E-state index in [1.807, 2.05) is 30.3 Å². The van der Waals surface area contributed by atoms with Crippen LogP contribution in [0, 0.1) is 0 Å². The minimum atomic E-state index is 0.116. The summed E-state index contributed by atoms with van der Waals surface area (Å²) in [5, 5.41) is 7.25. The predicted molar refractivity (Wildman–Crippen MR) is 117 cm³/mol. The van der Waals surface area contributed by atoms with Crippen molar-refractivity contribution in [1.82, 2.24) is 15.1 Å². The lowest BCUT2D eigenvalue weighted by molar-refractivity contribution is 0.324. The Kier molecular flexibility index (Phi) is 5.57. The SMILES string of the molecule is COc1cc(-c2cnc(N)nc2Nc2cc(-c3ccccc3)on2)cc(OC)c1OC. The fraction of sp³-hybridized carbons (Fsp3) is 0.136. The summed E-state index contributed by atoms with van der Waals surface area (Å²) >= 11 is 0. The fourth-order valence-electron chi connectivity index (χ4n) is 3.13. The number of benzene rings is 2. The molecule has 2 aromatic carbocycles. The largest absolute Gasteiger partial charge is 0.493 e. The van der Waals surface area contributed by atoms with E-state index >= 15 is 0 Å². The van der Waals surface area contributed by atoms with Crippen LogP contribution in [0.5, 0.6) is 17.2 Å². The lowest BCUT2D eigenvalue weighted by Crippen LogP contribution is -2.03. The van der Waals surface area contributed by atoms with Gasteiger partial charge in [-0.2, -0.15) is 4.98 Å². The van der Waals surface area contributed by atoms with Crippen LogP contribution < -0.4 is 25.3 Å². The quantitative estimate of drug-likeness (QED) is 0.455. The average molecular weight is 419 g/mol. The summed E-state index contributed by atoms with van der Waals surface area (Å²) in [6.45, 7) is 0. The van der Waals surface area contributed by atoms with Gasteiger partial charge in [-0.1, -0.05) is 35.5 Å². The Balaban J connectivity index is 1.73. The maximum absolute atomic E-state index is 5.84. The van der Waals surface area contributed by atoms with E-state index in [1.165, 1.54) is 0 Å². The maximum Gasteiger partial charge on any atom is 0.221 e. The first-order valence-electron chi connectivity index (χ1n) is 9.35. The van der Waals surface area contributed by atoms with Gasteiger partial charge in [-0.25, -0.2) is 4.98 Å². The van der Waals surface area contributed by atoms with E-state index in [0.717, 1.165) is 11.1 Å². The molecule has 0 amide bonds. The molecule has 158 valence electrons. The number of anilines is 3. The van der Waals surface area contributed by atoms with Crippen molar-refractivity contribution < 1.29 is 18.7 Å². The van der Waals surface area contributed by atoms with Crippen LogP contribution in [0.2, 0.25) is 0 Å². The molecular weight excluding hydrogens is 398 g/mol. The van der Waals surface area contributed by atoms with Gasteiger partial charge in [0.2, 0.25) is 11.7 Å². The van der Waals surface area contributed by atoms with Crippen LogP contribution in [0.3, 0.4) is 0 Å². The molecular formula is C22H21N5O4. The van der Waals surface area contributed by atoms with E-state index in [4.69, 9.17) is 24.5 Å². The zero-order chi connectivity index (χ0) is 21.8. The summed E-state index contributed by atoms with van der Waals surface area (Å²) in [5.74, 6) is 3.17. The molecule has 0 aliphatic rings. The summed E-state index contributed by atoms with van der Waals surface area (Å²) in [6.07, 6.45) is 1.61. The molecule has 4 rings (SSSR count). The molecule has 9 nitrogen and oxygen atoms in total. The molecule has 0 saturated heterocycles. The smallest absolute Gasteiger partial charge is 0.221 e. The molecule has 0 unspecified atom stereocenters. The van der Waals surface area contributed by atoms with Crippen LogP contribution in [-0.2, 0) is 0 Å². The molecule has 3 N–H and O–H groups in total. The first-order chi connectivity index (χ1) is 15.1. The molecule has 31 heavy (non-hydrogen) atoms. The van der Waals surface area contributed by atoms with Crippen LogP contribution in [0.15, 0.2) is 59.3 Å². The Morgan fingerprint density at radius 2 is 1.61 bits per heavy atom. The van der Waals surface area contributed by atoms with E-state index in [9.17, 15) is 0 Å². The van der Waals surface area contributed by atoms with E-state index in [-0.39, 0.29) is 5.95 Å². The molecule has 0 fully saturated rings. The van der Waals surface area contributed by atoms with Crippen molar-refractivity contribution in [3.8, 4) is 39.7 Å². The summed E-state index contributed by atoms with van der Waals surface area (Å²) < 4.78 is 21.8. The maximum atomic E-state index is 5.84. The topological polar surface area (TPSA) is 118 Å². The lowest BCUT2D eigenvalue weighted by Gasteiger charge is -2.15. The van der Waals surface area contributed by atoms with Crippen molar-refractivity contribution in [2.24, 2.45) is 0 Å². The second kappa shape index (κ2) is 8.62. The highest BCUT2D eigenvalue weighted by atomic mass is 16.5. The van der Waals surface area contributed by atoms with Gasteiger partial charge < -0.3 is 29.8 Å². The Hall–Kier alpha value is -4.27. The molecule has 9 heteroatoms. The van der Waals surface area contributed by atoms with Gasteiger partial charge in [0.15, 0.2) is 23.1 Å². The Morgan fingerprint density at radius 3 is 2.26 bits per heavy atom.